The van der Waals surface area contributed by atoms with Crippen molar-refractivity contribution in [1.29, 1.82) is 0 Å². The van der Waals surface area contributed by atoms with Crippen molar-refractivity contribution < 1.29 is 19.2 Å². The number of para-hydroxylation sites is 1. The third-order valence-electron chi connectivity index (χ3n) is 7.50. The highest BCUT2D eigenvalue weighted by molar-refractivity contribution is 5.94. The third-order valence-corrected chi connectivity index (χ3v) is 7.50. The minimum absolute atomic E-state index is 0.0252. The zero-order chi connectivity index (χ0) is 31.1. The molecule has 0 saturated carbocycles. The van der Waals surface area contributed by atoms with Crippen LogP contribution in [-0.2, 0) is 25.6 Å². The van der Waals surface area contributed by atoms with E-state index in [0.717, 1.165) is 22.9 Å². The number of terminal acetylenes is 1. The number of carbonyl (C=O) groups excluding carboxylic acids is 4. The Bertz CT molecular complexity index is 1310. The molecule has 42 heavy (non-hydrogen) atoms. The summed E-state index contributed by atoms with van der Waals surface area (Å²) in [7, 11) is 0. The van der Waals surface area contributed by atoms with E-state index in [-0.39, 0.29) is 24.5 Å². The molecule has 2 rings (SSSR count). The lowest BCUT2D eigenvalue weighted by Crippen LogP contribution is -2.56. The topological polar surface area (TPSA) is 169 Å². The fraction of sp³-hybridized carbons (Fsp3) is 0.548. The Labute approximate surface area is 247 Å². The van der Waals surface area contributed by atoms with Crippen LogP contribution in [0.5, 0.6) is 0 Å². The van der Waals surface area contributed by atoms with Gasteiger partial charge < -0.3 is 20.9 Å². The van der Waals surface area contributed by atoms with Crippen LogP contribution in [-0.4, -0.2) is 52.7 Å². The molecule has 1 aromatic heterocycles. The van der Waals surface area contributed by atoms with Crippen molar-refractivity contribution in [2.75, 3.05) is 0 Å². The molecule has 11 heteroatoms. The highest BCUT2D eigenvalue weighted by Gasteiger charge is 2.30. The maximum atomic E-state index is 13.6. The molecule has 2 aromatic rings. The number of hydrogen-bond acceptors (Lipinski definition) is 5. The van der Waals surface area contributed by atoms with E-state index in [4.69, 9.17) is 12.0 Å². The number of rotatable bonds is 18. The van der Waals surface area contributed by atoms with E-state index in [1.54, 1.807) is 0 Å². The zero-order valence-corrected chi connectivity index (χ0v) is 25.0. The van der Waals surface area contributed by atoms with Crippen molar-refractivity contribution in [2.24, 2.45) is 11.0 Å². The Morgan fingerprint density at radius 1 is 1.00 bits per heavy atom. The van der Waals surface area contributed by atoms with Crippen molar-refractivity contribution in [3.8, 4) is 12.3 Å². The molecule has 1 heterocycles. The van der Waals surface area contributed by atoms with Gasteiger partial charge in [-0.15, -0.1) is 6.42 Å². The van der Waals surface area contributed by atoms with Gasteiger partial charge in [0.2, 0.25) is 17.7 Å². The average molecular weight is 578 g/mol. The van der Waals surface area contributed by atoms with Crippen LogP contribution in [0.1, 0.15) is 78.2 Å². The molecule has 0 spiro atoms. The lowest BCUT2D eigenvalue weighted by atomic mass is 9.98. The highest BCUT2D eigenvalue weighted by Crippen LogP contribution is 2.20. The molecule has 11 nitrogen and oxygen atoms in total. The van der Waals surface area contributed by atoms with Gasteiger partial charge >= 0.3 is 0 Å². The highest BCUT2D eigenvalue weighted by atomic mass is 16.2. The van der Waals surface area contributed by atoms with Gasteiger partial charge in [0.15, 0.2) is 0 Å². The van der Waals surface area contributed by atoms with Crippen molar-refractivity contribution in [1.82, 2.24) is 20.9 Å². The Balaban J connectivity index is 2.28. The summed E-state index contributed by atoms with van der Waals surface area (Å²) in [6, 6.07) is 4.16. The van der Waals surface area contributed by atoms with E-state index >= 15 is 0 Å². The maximum absolute atomic E-state index is 13.6. The zero-order valence-electron chi connectivity index (χ0n) is 25.0. The summed E-state index contributed by atoms with van der Waals surface area (Å²) in [6.45, 7) is 7.18. The van der Waals surface area contributed by atoms with Gasteiger partial charge in [-0.25, -0.2) is 0 Å². The van der Waals surface area contributed by atoms with Gasteiger partial charge in [0, 0.05) is 41.3 Å². The predicted molar refractivity (Wildman–Crippen MR) is 163 cm³/mol. The van der Waals surface area contributed by atoms with E-state index in [2.05, 4.69) is 36.9 Å². The van der Waals surface area contributed by atoms with E-state index < -0.39 is 41.9 Å². The Morgan fingerprint density at radius 3 is 2.36 bits per heavy atom. The van der Waals surface area contributed by atoms with Crippen LogP contribution >= 0.6 is 0 Å². The third kappa shape index (κ3) is 10.3. The first kappa shape index (κ1) is 33.9. The van der Waals surface area contributed by atoms with E-state index in [0.29, 0.717) is 32.1 Å². The Morgan fingerprint density at radius 2 is 1.69 bits per heavy atom. The second-order valence-electron chi connectivity index (χ2n) is 10.6. The lowest BCUT2D eigenvalue weighted by molar-refractivity contribution is -0.132. The van der Waals surface area contributed by atoms with Gasteiger partial charge in [-0.1, -0.05) is 69.3 Å². The second kappa shape index (κ2) is 17.5. The number of aromatic amines is 1. The standard InChI is InChI=1S/C31H43N7O4/c1-6-20(4)25(8-3)34-31(42)28(18-22-19-33-26-16-13-12-15-24(22)26)36-30(41)27(35-29(40)21(5)37-38-32)17-11-9-10-14-23(39)7-2/h3,12-13,15-16,19-21,25,27-28,33H,6-7,9-11,14,17-18H2,1-2,4-5H3,(H,34,42)(H,35,40)(H,36,41)/t20-,21+,25+,27-,28-/m0/s1. The summed E-state index contributed by atoms with van der Waals surface area (Å²) in [6.07, 6.45) is 11.6. The van der Waals surface area contributed by atoms with Gasteiger partial charge in [-0.3, -0.25) is 19.2 Å². The van der Waals surface area contributed by atoms with E-state index in [9.17, 15) is 19.2 Å². The molecule has 0 aliphatic heterocycles. The fourth-order valence-electron chi connectivity index (χ4n) is 4.55. The molecule has 0 radical (unpaired) electrons. The molecule has 5 atom stereocenters. The molecular weight excluding hydrogens is 534 g/mol. The molecule has 0 bridgehead atoms. The Hall–Kier alpha value is -4.29. The number of nitrogens with one attached hydrogen (secondary N) is 4. The largest absolute Gasteiger partial charge is 0.361 e. The normalized spacial score (nSPS) is 14.4. The first-order valence-corrected chi connectivity index (χ1v) is 14.6. The smallest absolute Gasteiger partial charge is 0.243 e. The number of benzene rings is 1. The number of azide groups is 1. The fourth-order valence-corrected chi connectivity index (χ4v) is 4.55. The quantitative estimate of drug-likeness (QED) is 0.0674. The van der Waals surface area contributed by atoms with Crippen LogP contribution in [0, 0.1) is 18.3 Å². The van der Waals surface area contributed by atoms with E-state index in [1.807, 2.05) is 51.2 Å². The second-order valence-corrected chi connectivity index (χ2v) is 10.6. The Kier molecular flexibility index (Phi) is 14.1. The summed E-state index contributed by atoms with van der Waals surface area (Å²) in [5.41, 5.74) is 10.5. The maximum Gasteiger partial charge on any atom is 0.243 e. The summed E-state index contributed by atoms with van der Waals surface area (Å²) in [5.74, 6) is 1.27. The molecule has 0 saturated heterocycles. The first-order chi connectivity index (χ1) is 20.1. The summed E-state index contributed by atoms with van der Waals surface area (Å²) >= 11 is 0. The van der Waals surface area contributed by atoms with Crippen LogP contribution in [0.4, 0.5) is 0 Å². The first-order valence-electron chi connectivity index (χ1n) is 14.6. The molecule has 3 amide bonds. The molecule has 0 fully saturated rings. The van der Waals surface area contributed by atoms with Crippen molar-refractivity contribution in [3.63, 3.8) is 0 Å². The number of fused-ring (bicyclic) bond motifs is 1. The number of carbonyl (C=O) groups is 4. The number of H-pyrrole nitrogens is 1. The van der Waals surface area contributed by atoms with Gasteiger partial charge in [0.1, 0.15) is 23.9 Å². The molecule has 1 aromatic carbocycles. The van der Waals surface area contributed by atoms with Crippen molar-refractivity contribution in [3.05, 3.63) is 46.5 Å². The summed E-state index contributed by atoms with van der Waals surface area (Å²) in [5, 5.41) is 12.8. The van der Waals surface area contributed by atoms with Crippen molar-refractivity contribution >= 4 is 34.4 Å². The number of hydrogen-bond donors (Lipinski definition) is 4. The minimum atomic E-state index is -1.02. The molecule has 4 N–H and O–H groups in total. The van der Waals surface area contributed by atoms with E-state index in [1.165, 1.54) is 6.92 Å². The average Bonchev–Trinajstić information content (AvgIpc) is 3.40. The monoisotopic (exact) mass is 577 g/mol. The van der Waals surface area contributed by atoms with Gasteiger partial charge in [0.05, 0.1) is 6.04 Å². The number of amides is 3. The van der Waals surface area contributed by atoms with Gasteiger partial charge in [0.25, 0.3) is 0 Å². The van der Waals surface area contributed by atoms with Gasteiger partial charge in [-0.2, -0.15) is 0 Å². The minimum Gasteiger partial charge on any atom is -0.361 e. The van der Waals surface area contributed by atoms with Crippen LogP contribution in [0.3, 0.4) is 0 Å². The van der Waals surface area contributed by atoms with Crippen LogP contribution < -0.4 is 16.0 Å². The molecule has 0 aliphatic carbocycles. The number of ketones is 1. The lowest BCUT2D eigenvalue weighted by Gasteiger charge is -2.26. The van der Waals surface area contributed by atoms with Crippen LogP contribution in [0.25, 0.3) is 21.3 Å². The number of aromatic nitrogens is 1. The number of unbranched alkanes of at least 4 members (excludes halogenated alkanes) is 2. The van der Waals surface area contributed by atoms with Crippen LogP contribution in [0.15, 0.2) is 35.6 Å². The molecule has 226 valence electrons. The van der Waals surface area contributed by atoms with Gasteiger partial charge in [-0.05, 0) is 42.8 Å². The van der Waals surface area contributed by atoms with Crippen molar-refractivity contribution in [2.45, 2.75) is 103 Å². The summed E-state index contributed by atoms with van der Waals surface area (Å²) < 4.78 is 0. The number of Topliss-reactive ketones (excluding diaryl/α,β-unsaturated/α-hetero) is 1. The SMILES string of the molecule is C#C[C@@H](NC(=O)[C@H](Cc1c[nH]c2ccccc12)NC(=O)[C@H](CCCCCC(=O)CC)NC(=O)[C@@H](C)N=[N+]=[N-])[C@@H](C)CC. The predicted octanol–water partition coefficient (Wildman–Crippen LogP) is 4.47. The number of nitrogens with zero attached hydrogens (tertiary/aromatic N) is 3. The molecule has 0 aliphatic rings. The van der Waals surface area contributed by atoms with Crippen LogP contribution in [0.2, 0.25) is 0 Å². The molecule has 0 unspecified atom stereocenters. The summed E-state index contributed by atoms with van der Waals surface area (Å²) in [4.78, 5) is 57.4. The molecular formula is C31H43N7O4.